The first-order valence-electron chi connectivity index (χ1n) is 3.84. The summed E-state index contributed by atoms with van der Waals surface area (Å²) in [5, 5.41) is 9.06. The third-order valence-corrected chi connectivity index (χ3v) is 1.64. The molecule has 0 aromatic carbocycles. The van der Waals surface area contributed by atoms with Gasteiger partial charge in [-0.25, -0.2) is 4.39 Å². The van der Waals surface area contributed by atoms with Crippen molar-refractivity contribution in [2.24, 2.45) is 0 Å². The van der Waals surface area contributed by atoms with E-state index in [1.165, 1.54) is 6.92 Å². The second kappa shape index (κ2) is 3.92. The predicted octanol–water partition coefficient (Wildman–Crippen LogP) is 2.46. The molecular formula is C8H7F4NO2. The summed E-state index contributed by atoms with van der Waals surface area (Å²) in [7, 11) is 0. The molecule has 1 N–H and O–H groups in total. The average molecular weight is 225 g/mol. The molecule has 0 spiro atoms. The number of pyridine rings is 1. The van der Waals surface area contributed by atoms with Gasteiger partial charge in [0.05, 0.1) is 17.5 Å². The molecule has 1 heterocycles. The Morgan fingerprint density at radius 3 is 2.53 bits per heavy atom. The summed E-state index contributed by atoms with van der Waals surface area (Å²) >= 11 is 0. The normalized spacial score (nSPS) is 11.5. The van der Waals surface area contributed by atoms with Gasteiger partial charge >= 0.3 is 6.36 Å². The number of aryl methyl sites for hydroxylation is 1. The maximum absolute atomic E-state index is 12.4. The third kappa shape index (κ3) is 2.71. The molecule has 0 amide bonds. The van der Waals surface area contributed by atoms with Crippen LogP contribution in [0.2, 0.25) is 0 Å². The van der Waals surface area contributed by atoms with E-state index in [1.54, 1.807) is 0 Å². The van der Waals surface area contributed by atoms with Gasteiger partial charge in [-0.15, -0.1) is 13.2 Å². The molecule has 15 heavy (non-hydrogen) atoms. The van der Waals surface area contributed by atoms with Gasteiger partial charge in [0.15, 0.2) is 5.75 Å². The van der Waals surface area contributed by atoms with Gasteiger partial charge in [0, 0.05) is 0 Å². The van der Waals surface area contributed by atoms with Crippen LogP contribution in [0.5, 0.6) is 11.5 Å². The van der Waals surface area contributed by atoms with Crippen molar-refractivity contribution in [1.29, 1.82) is 0 Å². The minimum Gasteiger partial charge on any atom is -0.506 e. The molecule has 1 aromatic heterocycles. The number of alkyl halides is 4. The Morgan fingerprint density at radius 2 is 2.07 bits per heavy atom. The second-order valence-corrected chi connectivity index (χ2v) is 2.72. The van der Waals surface area contributed by atoms with E-state index in [9.17, 15) is 17.6 Å². The minimum atomic E-state index is -4.94. The van der Waals surface area contributed by atoms with E-state index >= 15 is 0 Å². The summed E-state index contributed by atoms with van der Waals surface area (Å²) in [6.07, 6.45) is -4.07. The van der Waals surface area contributed by atoms with E-state index in [0.29, 0.717) is 0 Å². The Bertz CT molecular complexity index is 364. The predicted molar refractivity (Wildman–Crippen MR) is 42.1 cm³/mol. The first-order valence-corrected chi connectivity index (χ1v) is 3.84. The van der Waals surface area contributed by atoms with Crippen molar-refractivity contribution >= 4 is 0 Å². The van der Waals surface area contributed by atoms with Crippen LogP contribution in [0, 0.1) is 6.92 Å². The number of nitrogens with zero attached hydrogens (tertiary/aromatic N) is 1. The number of hydrogen-bond acceptors (Lipinski definition) is 3. The van der Waals surface area contributed by atoms with Crippen LogP contribution in [0.3, 0.4) is 0 Å². The number of aromatic nitrogens is 1. The summed E-state index contributed by atoms with van der Waals surface area (Å²) in [4.78, 5) is 3.43. The lowest BCUT2D eigenvalue weighted by Gasteiger charge is -2.14. The topological polar surface area (TPSA) is 42.4 Å². The molecule has 3 nitrogen and oxygen atoms in total. The summed E-state index contributed by atoms with van der Waals surface area (Å²) in [6.45, 7) is -0.0414. The van der Waals surface area contributed by atoms with E-state index in [0.717, 1.165) is 6.20 Å². The standard InChI is InChI=1S/C8H7F4NO2/c1-4-7(15-8(10,11)12)5(2-9)6(14)3-13-4/h3,14H,2H2,1H3. The number of halogens is 4. The molecular weight excluding hydrogens is 218 g/mol. The first-order chi connectivity index (χ1) is 6.85. The second-order valence-electron chi connectivity index (χ2n) is 2.72. The van der Waals surface area contributed by atoms with Gasteiger partial charge in [0.25, 0.3) is 0 Å². The molecule has 7 heteroatoms. The van der Waals surface area contributed by atoms with Crippen LogP contribution in [0.1, 0.15) is 11.3 Å². The van der Waals surface area contributed by atoms with E-state index in [1.807, 2.05) is 0 Å². The van der Waals surface area contributed by atoms with Gasteiger partial charge in [-0.1, -0.05) is 0 Å². The van der Waals surface area contributed by atoms with Gasteiger partial charge < -0.3 is 9.84 Å². The van der Waals surface area contributed by atoms with Gasteiger partial charge in [-0.3, -0.25) is 4.98 Å². The lowest BCUT2D eigenvalue weighted by molar-refractivity contribution is -0.275. The highest BCUT2D eigenvalue weighted by atomic mass is 19.4. The van der Waals surface area contributed by atoms with Crippen LogP contribution in [0.15, 0.2) is 6.20 Å². The van der Waals surface area contributed by atoms with Gasteiger partial charge in [-0.2, -0.15) is 0 Å². The smallest absolute Gasteiger partial charge is 0.506 e. The van der Waals surface area contributed by atoms with Gasteiger partial charge in [-0.05, 0) is 6.92 Å². The quantitative estimate of drug-likeness (QED) is 0.786. The molecule has 0 aliphatic rings. The Labute approximate surface area is 82.3 Å². The zero-order chi connectivity index (χ0) is 11.6. The maximum Gasteiger partial charge on any atom is 0.573 e. The minimum absolute atomic E-state index is 0.141. The number of ether oxygens (including phenoxy) is 1. The maximum atomic E-state index is 12.4. The van der Waals surface area contributed by atoms with Crippen molar-refractivity contribution in [2.45, 2.75) is 20.0 Å². The average Bonchev–Trinajstić information content (AvgIpc) is 2.10. The highest BCUT2D eigenvalue weighted by Crippen LogP contribution is 2.34. The van der Waals surface area contributed by atoms with Crippen LogP contribution in [-0.4, -0.2) is 16.5 Å². The molecule has 0 fully saturated rings. The zero-order valence-corrected chi connectivity index (χ0v) is 7.60. The van der Waals surface area contributed by atoms with Gasteiger partial charge in [0.1, 0.15) is 12.4 Å². The van der Waals surface area contributed by atoms with Crippen molar-refractivity contribution in [1.82, 2.24) is 4.98 Å². The molecule has 0 bridgehead atoms. The highest BCUT2D eigenvalue weighted by Gasteiger charge is 2.33. The Kier molecular flexibility index (Phi) is 3.01. The fourth-order valence-electron chi connectivity index (χ4n) is 1.01. The largest absolute Gasteiger partial charge is 0.573 e. The van der Waals surface area contributed by atoms with E-state index < -0.39 is 30.1 Å². The summed E-state index contributed by atoms with van der Waals surface area (Å²) < 4.78 is 51.7. The van der Waals surface area contributed by atoms with Crippen molar-refractivity contribution < 1.29 is 27.4 Å². The van der Waals surface area contributed by atoms with E-state index in [-0.39, 0.29) is 5.69 Å². The van der Waals surface area contributed by atoms with E-state index in [4.69, 9.17) is 5.11 Å². The molecule has 0 atom stereocenters. The summed E-state index contributed by atoms with van der Waals surface area (Å²) in [5.41, 5.74) is -0.697. The Hall–Kier alpha value is -1.53. The van der Waals surface area contributed by atoms with Crippen LogP contribution in [0.4, 0.5) is 17.6 Å². The number of aromatic hydroxyl groups is 1. The summed E-state index contributed by atoms with van der Waals surface area (Å²) in [5.74, 6) is -1.45. The molecule has 0 saturated heterocycles. The van der Waals surface area contributed by atoms with Crippen LogP contribution in [0.25, 0.3) is 0 Å². The van der Waals surface area contributed by atoms with Crippen LogP contribution < -0.4 is 4.74 Å². The molecule has 1 aromatic rings. The monoisotopic (exact) mass is 225 g/mol. The SMILES string of the molecule is Cc1ncc(O)c(CF)c1OC(F)(F)F. The molecule has 0 unspecified atom stereocenters. The fourth-order valence-corrected chi connectivity index (χ4v) is 1.01. The lowest BCUT2D eigenvalue weighted by Crippen LogP contribution is -2.19. The zero-order valence-electron chi connectivity index (χ0n) is 7.60. The first kappa shape index (κ1) is 11.5. The highest BCUT2D eigenvalue weighted by molar-refractivity contribution is 5.44. The van der Waals surface area contributed by atoms with Crippen molar-refractivity contribution in [3.05, 3.63) is 17.5 Å². The Balaban J connectivity index is 3.20. The molecule has 0 aliphatic heterocycles. The number of rotatable bonds is 2. The third-order valence-electron chi connectivity index (χ3n) is 1.64. The van der Waals surface area contributed by atoms with Crippen molar-refractivity contribution in [2.75, 3.05) is 0 Å². The number of hydrogen-bond donors (Lipinski definition) is 1. The molecule has 84 valence electrons. The molecule has 0 aliphatic carbocycles. The van der Waals surface area contributed by atoms with Crippen LogP contribution >= 0.6 is 0 Å². The lowest BCUT2D eigenvalue weighted by atomic mass is 10.2. The van der Waals surface area contributed by atoms with Crippen LogP contribution in [-0.2, 0) is 6.67 Å². The van der Waals surface area contributed by atoms with Crippen molar-refractivity contribution in [3.8, 4) is 11.5 Å². The van der Waals surface area contributed by atoms with Crippen molar-refractivity contribution in [3.63, 3.8) is 0 Å². The molecule has 0 saturated carbocycles. The molecule has 1 rings (SSSR count). The molecule has 0 radical (unpaired) electrons. The summed E-state index contributed by atoms with van der Waals surface area (Å²) in [6, 6.07) is 0. The fraction of sp³-hybridized carbons (Fsp3) is 0.375. The van der Waals surface area contributed by atoms with Gasteiger partial charge in [0.2, 0.25) is 0 Å². The Morgan fingerprint density at radius 1 is 1.47 bits per heavy atom. The van der Waals surface area contributed by atoms with E-state index in [2.05, 4.69) is 9.72 Å².